The molecular formula is C18H23N3OS. The van der Waals surface area contributed by atoms with Gasteiger partial charge in [-0.1, -0.05) is 25.5 Å². The van der Waals surface area contributed by atoms with Gasteiger partial charge in [-0.15, -0.1) is 11.8 Å². The SMILES string of the molecule is Cc1ccc2c(c1)-c1c(c(C(=O)NCCC(C)C)nn1C)CS2. The number of thioether (sulfide) groups is 1. The largest absolute Gasteiger partial charge is 0.351 e. The number of aromatic nitrogens is 2. The topological polar surface area (TPSA) is 46.9 Å². The molecule has 1 aliphatic rings. The van der Waals surface area contributed by atoms with E-state index in [0.717, 1.165) is 23.4 Å². The number of nitrogens with one attached hydrogen (secondary N) is 1. The normalized spacial score (nSPS) is 12.9. The number of benzene rings is 1. The van der Waals surface area contributed by atoms with Crippen molar-refractivity contribution in [1.82, 2.24) is 15.1 Å². The molecule has 5 heteroatoms. The summed E-state index contributed by atoms with van der Waals surface area (Å²) in [5, 5.41) is 7.51. The van der Waals surface area contributed by atoms with Crippen LogP contribution in [-0.2, 0) is 12.8 Å². The Kier molecular flexibility index (Phi) is 4.48. The zero-order chi connectivity index (χ0) is 16.6. The predicted octanol–water partition coefficient (Wildman–Crippen LogP) is 3.78. The van der Waals surface area contributed by atoms with Crippen molar-refractivity contribution >= 4 is 17.7 Å². The van der Waals surface area contributed by atoms with E-state index in [-0.39, 0.29) is 5.91 Å². The molecule has 0 unspecified atom stereocenters. The molecule has 0 fully saturated rings. The van der Waals surface area contributed by atoms with Crippen LogP contribution in [0.4, 0.5) is 0 Å². The maximum absolute atomic E-state index is 12.5. The Balaban J connectivity index is 1.92. The first-order chi connectivity index (χ1) is 11.0. The minimum absolute atomic E-state index is 0.0563. The molecule has 23 heavy (non-hydrogen) atoms. The lowest BCUT2D eigenvalue weighted by Gasteiger charge is -2.18. The molecule has 2 heterocycles. The van der Waals surface area contributed by atoms with E-state index in [1.165, 1.54) is 16.0 Å². The van der Waals surface area contributed by atoms with E-state index in [9.17, 15) is 4.79 Å². The highest BCUT2D eigenvalue weighted by Gasteiger charge is 2.27. The van der Waals surface area contributed by atoms with Crippen LogP contribution in [0.1, 0.15) is 41.9 Å². The highest BCUT2D eigenvalue weighted by molar-refractivity contribution is 7.98. The predicted molar refractivity (Wildman–Crippen MR) is 94.7 cm³/mol. The average Bonchev–Trinajstić information content (AvgIpc) is 2.84. The molecule has 4 nitrogen and oxygen atoms in total. The lowest BCUT2D eigenvalue weighted by molar-refractivity contribution is 0.0945. The quantitative estimate of drug-likeness (QED) is 0.928. The third-order valence-electron chi connectivity index (χ3n) is 4.13. The Morgan fingerprint density at radius 1 is 1.43 bits per heavy atom. The Hall–Kier alpha value is -1.75. The fourth-order valence-electron chi connectivity index (χ4n) is 2.89. The van der Waals surface area contributed by atoms with Crippen LogP contribution in [0.3, 0.4) is 0 Å². The van der Waals surface area contributed by atoms with Crippen LogP contribution in [0, 0.1) is 12.8 Å². The lowest BCUT2D eigenvalue weighted by Crippen LogP contribution is -2.26. The standard InChI is InChI=1S/C18H23N3OS/c1-11(2)7-8-19-18(22)16-14-10-23-15-6-5-12(3)9-13(15)17(14)21(4)20-16/h5-6,9,11H,7-8,10H2,1-4H3,(H,19,22). The van der Waals surface area contributed by atoms with Crippen molar-refractivity contribution in [1.29, 1.82) is 0 Å². The van der Waals surface area contributed by atoms with E-state index in [1.807, 2.05) is 11.7 Å². The van der Waals surface area contributed by atoms with E-state index in [1.54, 1.807) is 11.8 Å². The minimum atomic E-state index is -0.0563. The summed E-state index contributed by atoms with van der Waals surface area (Å²) in [6.45, 7) is 7.11. The zero-order valence-corrected chi connectivity index (χ0v) is 15.0. The Morgan fingerprint density at radius 3 is 2.96 bits per heavy atom. The summed E-state index contributed by atoms with van der Waals surface area (Å²) in [6, 6.07) is 6.48. The molecule has 122 valence electrons. The molecule has 2 aromatic rings. The number of carbonyl (C=O) groups is 1. The van der Waals surface area contributed by atoms with E-state index in [2.05, 4.69) is 49.4 Å². The summed E-state index contributed by atoms with van der Waals surface area (Å²) in [5.41, 5.74) is 5.12. The monoisotopic (exact) mass is 329 g/mol. The van der Waals surface area contributed by atoms with Gasteiger partial charge in [0.25, 0.3) is 5.91 Å². The molecule has 0 bridgehead atoms. The Morgan fingerprint density at radius 2 is 2.22 bits per heavy atom. The van der Waals surface area contributed by atoms with Gasteiger partial charge in [0, 0.05) is 35.4 Å². The van der Waals surface area contributed by atoms with Gasteiger partial charge in [-0.2, -0.15) is 5.10 Å². The van der Waals surface area contributed by atoms with Crippen LogP contribution in [0.2, 0.25) is 0 Å². The second-order valence-electron chi connectivity index (χ2n) is 6.53. The van der Waals surface area contributed by atoms with Crippen molar-refractivity contribution in [3.8, 4) is 11.3 Å². The summed E-state index contributed by atoms with van der Waals surface area (Å²) in [7, 11) is 1.92. The average molecular weight is 329 g/mol. The van der Waals surface area contributed by atoms with Gasteiger partial charge in [-0.25, -0.2) is 0 Å². The van der Waals surface area contributed by atoms with Gasteiger partial charge in [0.1, 0.15) is 0 Å². The number of nitrogens with zero attached hydrogens (tertiary/aromatic N) is 2. The minimum Gasteiger partial charge on any atom is -0.351 e. The van der Waals surface area contributed by atoms with Gasteiger partial charge in [-0.3, -0.25) is 9.48 Å². The highest BCUT2D eigenvalue weighted by Crippen LogP contribution is 2.42. The van der Waals surface area contributed by atoms with Gasteiger partial charge in [-0.05, 0) is 31.4 Å². The second kappa shape index (κ2) is 6.40. The van der Waals surface area contributed by atoms with Crippen molar-refractivity contribution in [3.63, 3.8) is 0 Å². The van der Waals surface area contributed by atoms with Gasteiger partial charge in [0.15, 0.2) is 5.69 Å². The van der Waals surface area contributed by atoms with E-state index < -0.39 is 0 Å². The molecule has 0 saturated heterocycles. The molecule has 1 aromatic heterocycles. The highest BCUT2D eigenvalue weighted by atomic mass is 32.2. The second-order valence-corrected chi connectivity index (χ2v) is 7.54. The van der Waals surface area contributed by atoms with Gasteiger partial charge >= 0.3 is 0 Å². The van der Waals surface area contributed by atoms with Gasteiger partial charge < -0.3 is 5.32 Å². The molecule has 0 aliphatic carbocycles. The van der Waals surface area contributed by atoms with Crippen LogP contribution in [0.15, 0.2) is 23.1 Å². The number of amides is 1. The van der Waals surface area contributed by atoms with Crippen molar-refractivity contribution in [3.05, 3.63) is 35.0 Å². The van der Waals surface area contributed by atoms with Crippen LogP contribution in [-0.4, -0.2) is 22.2 Å². The molecular weight excluding hydrogens is 306 g/mol. The van der Waals surface area contributed by atoms with E-state index in [0.29, 0.717) is 18.2 Å². The van der Waals surface area contributed by atoms with Crippen LogP contribution in [0.5, 0.6) is 0 Å². The molecule has 0 radical (unpaired) electrons. The smallest absolute Gasteiger partial charge is 0.272 e. The maximum Gasteiger partial charge on any atom is 0.272 e. The first-order valence-electron chi connectivity index (χ1n) is 8.05. The molecule has 1 aromatic carbocycles. The number of carbonyl (C=O) groups excluding carboxylic acids is 1. The van der Waals surface area contributed by atoms with E-state index >= 15 is 0 Å². The van der Waals surface area contributed by atoms with Crippen LogP contribution in [0.25, 0.3) is 11.3 Å². The molecule has 0 atom stereocenters. The summed E-state index contributed by atoms with van der Waals surface area (Å²) in [4.78, 5) is 13.8. The fourth-order valence-corrected chi connectivity index (χ4v) is 3.94. The molecule has 0 saturated carbocycles. The Labute approximate surface area is 141 Å². The summed E-state index contributed by atoms with van der Waals surface area (Å²) in [6.07, 6.45) is 0.984. The summed E-state index contributed by atoms with van der Waals surface area (Å²) in [5.74, 6) is 1.32. The number of aryl methyl sites for hydroxylation is 2. The number of rotatable bonds is 4. The lowest BCUT2D eigenvalue weighted by atomic mass is 10.0. The first kappa shape index (κ1) is 16.1. The third-order valence-corrected chi connectivity index (χ3v) is 5.23. The number of fused-ring (bicyclic) bond motifs is 3. The Bertz CT molecular complexity index is 749. The van der Waals surface area contributed by atoms with Crippen LogP contribution >= 0.6 is 11.8 Å². The summed E-state index contributed by atoms with van der Waals surface area (Å²) >= 11 is 1.78. The van der Waals surface area contributed by atoms with Crippen LogP contribution < -0.4 is 5.32 Å². The van der Waals surface area contributed by atoms with Crippen molar-refractivity contribution in [2.45, 2.75) is 37.8 Å². The number of hydrogen-bond donors (Lipinski definition) is 1. The fraction of sp³-hybridized carbons (Fsp3) is 0.444. The van der Waals surface area contributed by atoms with E-state index in [4.69, 9.17) is 0 Å². The summed E-state index contributed by atoms with van der Waals surface area (Å²) < 4.78 is 1.85. The maximum atomic E-state index is 12.5. The van der Waals surface area contributed by atoms with Crippen molar-refractivity contribution in [2.75, 3.05) is 6.54 Å². The molecule has 1 N–H and O–H groups in total. The molecule has 0 spiro atoms. The van der Waals surface area contributed by atoms with Crippen molar-refractivity contribution in [2.24, 2.45) is 13.0 Å². The van der Waals surface area contributed by atoms with Gasteiger partial charge in [0.2, 0.25) is 0 Å². The molecule has 1 amide bonds. The third kappa shape index (κ3) is 3.15. The van der Waals surface area contributed by atoms with Crippen molar-refractivity contribution < 1.29 is 4.79 Å². The molecule has 1 aliphatic heterocycles. The number of hydrogen-bond acceptors (Lipinski definition) is 3. The van der Waals surface area contributed by atoms with Gasteiger partial charge in [0.05, 0.1) is 5.69 Å². The molecule has 3 rings (SSSR count). The first-order valence-corrected chi connectivity index (χ1v) is 9.04. The zero-order valence-electron chi connectivity index (χ0n) is 14.1.